The molecule has 0 N–H and O–H groups in total. The number of aromatic nitrogens is 1. The third kappa shape index (κ3) is 3.43. The molecule has 1 fully saturated rings. The van der Waals surface area contributed by atoms with Crippen molar-refractivity contribution in [3.8, 4) is 5.75 Å². The third-order valence-corrected chi connectivity index (χ3v) is 7.85. The zero-order valence-corrected chi connectivity index (χ0v) is 17.6. The lowest BCUT2D eigenvalue weighted by Gasteiger charge is -2.21. The van der Waals surface area contributed by atoms with Crippen molar-refractivity contribution in [2.24, 2.45) is 0 Å². The Morgan fingerprint density at radius 2 is 1.48 bits per heavy atom. The average molecular weight is 436 g/mol. The molecular weight excluding hydrogens is 414 g/mol. The summed E-state index contributed by atoms with van der Waals surface area (Å²) in [7, 11) is -3.80. The lowest BCUT2D eigenvalue weighted by atomic mass is 9.98. The van der Waals surface area contributed by atoms with Gasteiger partial charge in [0.1, 0.15) is 11.4 Å². The van der Waals surface area contributed by atoms with Crippen molar-refractivity contribution in [3.05, 3.63) is 71.4 Å². The predicted molar refractivity (Wildman–Crippen MR) is 116 cm³/mol. The van der Waals surface area contributed by atoms with E-state index in [0.29, 0.717) is 40.6 Å². The highest BCUT2D eigenvalue weighted by atomic mass is 32.2. The summed E-state index contributed by atoms with van der Waals surface area (Å²) in [6.45, 7) is 0. The quantitative estimate of drug-likeness (QED) is 0.445. The highest BCUT2D eigenvalue weighted by Crippen LogP contribution is 2.35. The van der Waals surface area contributed by atoms with Gasteiger partial charge in [-0.25, -0.2) is 4.98 Å². The van der Waals surface area contributed by atoms with Gasteiger partial charge in [0.05, 0.1) is 10.9 Å². The zero-order chi connectivity index (χ0) is 21.6. The van der Waals surface area contributed by atoms with E-state index in [2.05, 4.69) is 4.98 Å². The molecule has 6 nitrogen and oxygen atoms in total. The molecule has 2 aliphatic rings. The molecule has 1 saturated carbocycles. The van der Waals surface area contributed by atoms with Crippen molar-refractivity contribution < 1.29 is 22.2 Å². The first-order valence-corrected chi connectivity index (χ1v) is 11.9. The Hall–Kier alpha value is -3.06. The van der Waals surface area contributed by atoms with Crippen molar-refractivity contribution in [1.82, 2.24) is 4.98 Å². The van der Waals surface area contributed by atoms with Crippen LogP contribution in [0.15, 0.2) is 54.6 Å². The van der Waals surface area contributed by atoms with Crippen molar-refractivity contribution in [2.75, 3.05) is 0 Å². The summed E-state index contributed by atoms with van der Waals surface area (Å²) in [6.07, 6.45) is 3.97. The maximum absolute atomic E-state index is 12.9. The number of ketones is 2. The third-order valence-electron chi connectivity index (χ3n) is 6.15. The number of hydrogen-bond donors (Lipinski definition) is 0. The minimum atomic E-state index is -3.80. The van der Waals surface area contributed by atoms with Gasteiger partial charge < -0.3 is 4.18 Å². The van der Waals surface area contributed by atoms with Gasteiger partial charge in [-0.05, 0) is 25.0 Å². The summed E-state index contributed by atoms with van der Waals surface area (Å²) >= 11 is 0. The summed E-state index contributed by atoms with van der Waals surface area (Å²) in [5.74, 6) is -1.48. The molecule has 0 atom stereocenters. The predicted octanol–water partition coefficient (Wildman–Crippen LogP) is 4.44. The lowest BCUT2D eigenvalue weighted by Crippen LogP contribution is -2.28. The minimum Gasteiger partial charge on any atom is -0.380 e. The molecular formula is C24H21NO5S. The molecule has 1 heterocycles. The summed E-state index contributed by atoms with van der Waals surface area (Å²) in [4.78, 5) is 30.3. The molecule has 158 valence electrons. The molecule has 31 heavy (non-hydrogen) atoms. The van der Waals surface area contributed by atoms with E-state index in [9.17, 15) is 18.0 Å². The molecule has 0 amide bonds. The summed E-state index contributed by atoms with van der Waals surface area (Å²) in [5, 5.41) is 0.155. The molecule has 1 aromatic heterocycles. The molecule has 5 rings (SSSR count). The normalized spacial score (nSPS) is 17.8. The standard InChI is InChI=1S/C24H21NO5S/c26-23-17-10-4-5-11-18(17)24(27)21(23)19-14-13-15-7-6-12-20(22(15)25-19)30-31(28,29)16-8-2-1-3-9-16/h4-7,10-14,16,21H,1-3,8-9H2. The highest BCUT2D eigenvalue weighted by Gasteiger charge is 2.40. The van der Waals surface area contributed by atoms with Crippen LogP contribution in [0.3, 0.4) is 0 Å². The molecule has 0 saturated heterocycles. The van der Waals surface area contributed by atoms with Crippen molar-refractivity contribution >= 4 is 32.6 Å². The van der Waals surface area contributed by atoms with Crippen LogP contribution >= 0.6 is 0 Å². The van der Waals surface area contributed by atoms with Gasteiger partial charge in [-0.2, -0.15) is 8.42 Å². The number of fused-ring (bicyclic) bond motifs is 2. The second-order valence-electron chi connectivity index (χ2n) is 8.11. The number of hydrogen-bond acceptors (Lipinski definition) is 6. The van der Waals surface area contributed by atoms with E-state index >= 15 is 0 Å². The molecule has 0 spiro atoms. The number of pyridine rings is 1. The van der Waals surface area contributed by atoms with Gasteiger partial charge in [-0.15, -0.1) is 0 Å². The molecule has 0 aliphatic heterocycles. The Balaban J connectivity index is 1.53. The van der Waals surface area contributed by atoms with E-state index in [1.54, 1.807) is 54.6 Å². The summed E-state index contributed by atoms with van der Waals surface area (Å²) in [5.41, 5.74) is 1.41. The number of rotatable bonds is 4. The number of carbonyl (C=O) groups is 2. The minimum absolute atomic E-state index is 0.125. The van der Waals surface area contributed by atoms with Crippen molar-refractivity contribution in [1.29, 1.82) is 0 Å². The van der Waals surface area contributed by atoms with E-state index in [1.165, 1.54) is 0 Å². The van der Waals surface area contributed by atoms with E-state index in [4.69, 9.17) is 4.18 Å². The molecule has 3 aromatic rings. The number of Topliss-reactive ketones (excluding diaryl/α,β-unsaturated/α-hetero) is 2. The fraction of sp³-hybridized carbons (Fsp3) is 0.292. The van der Waals surface area contributed by atoms with Gasteiger partial charge in [-0.1, -0.05) is 61.7 Å². The topological polar surface area (TPSA) is 90.4 Å². The van der Waals surface area contributed by atoms with Crippen LogP contribution in [0.2, 0.25) is 0 Å². The molecule has 2 aliphatic carbocycles. The van der Waals surface area contributed by atoms with Gasteiger partial charge >= 0.3 is 10.1 Å². The molecule has 2 aromatic carbocycles. The Labute approximate surface area is 180 Å². The Kier molecular flexibility index (Phi) is 4.85. The van der Waals surface area contributed by atoms with Crippen LogP contribution in [-0.2, 0) is 10.1 Å². The van der Waals surface area contributed by atoms with Crippen molar-refractivity contribution in [2.45, 2.75) is 43.3 Å². The first kappa shape index (κ1) is 19.9. The second kappa shape index (κ2) is 7.57. The van der Waals surface area contributed by atoms with Crippen LogP contribution in [0, 0.1) is 0 Å². The number of carbonyl (C=O) groups excluding carboxylic acids is 2. The Morgan fingerprint density at radius 1 is 0.806 bits per heavy atom. The zero-order valence-electron chi connectivity index (χ0n) is 16.8. The molecule has 0 unspecified atom stereocenters. The Bertz CT molecular complexity index is 1270. The number of para-hydroxylation sites is 1. The molecule has 0 bridgehead atoms. The summed E-state index contributed by atoms with van der Waals surface area (Å²) in [6, 6.07) is 15.2. The van der Waals surface area contributed by atoms with Crippen LogP contribution in [-0.4, -0.2) is 30.2 Å². The molecule has 0 radical (unpaired) electrons. The van der Waals surface area contributed by atoms with Crippen LogP contribution < -0.4 is 4.18 Å². The van der Waals surface area contributed by atoms with E-state index in [0.717, 1.165) is 19.3 Å². The maximum Gasteiger partial charge on any atom is 0.312 e. The highest BCUT2D eigenvalue weighted by molar-refractivity contribution is 7.87. The smallest absolute Gasteiger partial charge is 0.312 e. The van der Waals surface area contributed by atoms with Crippen LogP contribution in [0.5, 0.6) is 5.75 Å². The fourth-order valence-electron chi connectivity index (χ4n) is 4.52. The van der Waals surface area contributed by atoms with Gasteiger partial charge in [0, 0.05) is 16.5 Å². The van der Waals surface area contributed by atoms with Gasteiger partial charge in [0.2, 0.25) is 0 Å². The largest absolute Gasteiger partial charge is 0.380 e. The first-order chi connectivity index (χ1) is 15.0. The SMILES string of the molecule is O=C1c2ccccc2C(=O)C1c1ccc2cccc(OS(=O)(=O)C3CCCCC3)c2n1. The number of benzene rings is 2. The van der Waals surface area contributed by atoms with E-state index < -0.39 is 21.3 Å². The van der Waals surface area contributed by atoms with Gasteiger partial charge in [-0.3, -0.25) is 9.59 Å². The first-order valence-electron chi connectivity index (χ1n) is 10.5. The Morgan fingerprint density at radius 3 is 2.16 bits per heavy atom. The van der Waals surface area contributed by atoms with Gasteiger partial charge in [0.25, 0.3) is 0 Å². The lowest BCUT2D eigenvalue weighted by molar-refractivity contribution is 0.0888. The van der Waals surface area contributed by atoms with E-state index in [-0.39, 0.29) is 17.3 Å². The van der Waals surface area contributed by atoms with Crippen molar-refractivity contribution in [3.63, 3.8) is 0 Å². The second-order valence-corrected chi connectivity index (χ2v) is 9.93. The van der Waals surface area contributed by atoms with Crippen LogP contribution in [0.1, 0.15) is 64.4 Å². The van der Waals surface area contributed by atoms with E-state index in [1.807, 2.05) is 0 Å². The van der Waals surface area contributed by atoms with Crippen LogP contribution in [0.4, 0.5) is 0 Å². The number of nitrogens with zero attached hydrogens (tertiary/aromatic N) is 1. The average Bonchev–Trinajstić information content (AvgIpc) is 3.04. The fourth-order valence-corrected chi connectivity index (χ4v) is 5.95. The summed E-state index contributed by atoms with van der Waals surface area (Å²) < 4.78 is 31.2. The maximum atomic E-state index is 12.9. The molecule has 7 heteroatoms. The van der Waals surface area contributed by atoms with Crippen LogP contribution in [0.25, 0.3) is 10.9 Å². The van der Waals surface area contributed by atoms with Gasteiger partial charge in [0.15, 0.2) is 17.3 Å². The monoisotopic (exact) mass is 435 g/mol.